The molecule has 0 aliphatic heterocycles. The predicted octanol–water partition coefficient (Wildman–Crippen LogP) is 1.04. The van der Waals surface area contributed by atoms with Crippen LogP contribution >= 0.6 is 0 Å². The van der Waals surface area contributed by atoms with Gasteiger partial charge in [-0.15, -0.1) is 0 Å². The summed E-state index contributed by atoms with van der Waals surface area (Å²) in [6, 6.07) is 4.22. The molecule has 7 heteroatoms. The Labute approximate surface area is 95.2 Å². The summed E-state index contributed by atoms with van der Waals surface area (Å²) in [7, 11) is 3.53. The maximum Gasteiger partial charge on any atom is 0.404 e. The molecule has 0 aliphatic rings. The number of hydrogen-bond donors (Lipinski definition) is 1. The molecule has 86 valence electrons. The summed E-state index contributed by atoms with van der Waals surface area (Å²) in [5.41, 5.74) is 0.197. The van der Waals surface area contributed by atoms with E-state index in [0.29, 0.717) is 0 Å². The van der Waals surface area contributed by atoms with Crippen LogP contribution in [0, 0.1) is 0 Å². The Kier molecular flexibility index (Phi) is 4.15. The van der Waals surface area contributed by atoms with Crippen LogP contribution in [-0.2, 0) is 11.0 Å². The van der Waals surface area contributed by atoms with E-state index < -0.39 is 23.2 Å². The first kappa shape index (κ1) is 13.3. The largest absolute Gasteiger partial charge is 0.404 e. The third kappa shape index (κ3) is 3.35. The van der Waals surface area contributed by atoms with Gasteiger partial charge in [-0.05, 0) is 13.0 Å². The number of alkyl halides is 3. The van der Waals surface area contributed by atoms with Crippen LogP contribution in [-0.4, -0.2) is 24.3 Å². The lowest BCUT2D eigenvalue weighted by molar-refractivity contribution is -0.146. The minimum atomic E-state index is -4.43. The summed E-state index contributed by atoms with van der Waals surface area (Å²) in [4.78, 5) is 0.151. The van der Waals surface area contributed by atoms with Crippen LogP contribution in [0.4, 0.5) is 13.2 Å². The second kappa shape index (κ2) is 5.01. The second-order valence-electron chi connectivity index (χ2n) is 3.19. The Bertz CT molecular complexity index is 397. The van der Waals surface area contributed by atoms with Gasteiger partial charge in [-0.3, -0.25) is 0 Å². The van der Waals surface area contributed by atoms with E-state index in [0.717, 1.165) is 6.92 Å². The summed E-state index contributed by atoms with van der Waals surface area (Å²) in [5, 5.41) is 0. The van der Waals surface area contributed by atoms with Crippen molar-refractivity contribution in [3.63, 3.8) is 0 Å². The van der Waals surface area contributed by atoms with E-state index in [1.54, 1.807) is 12.1 Å². The summed E-state index contributed by atoms with van der Waals surface area (Å²) < 4.78 is 50.1. The Morgan fingerprint density at radius 3 is 2.44 bits per heavy atom. The van der Waals surface area contributed by atoms with Gasteiger partial charge in [0.15, 0.2) is 0 Å². The van der Waals surface area contributed by atoms with E-state index in [-0.39, 0.29) is 10.4 Å². The highest BCUT2D eigenvalue weighted by atomic mass is 32.2. The minimum Gasteiger partial charge on any atom is -0.238 e. The molecule has 0 amide bonds. The summed E-state index contributed by atoms with van der Waals surface area (Å²) in [6.07, 6.45) is -4.43. The highest BCUT2D eigenvalue weighted by Crippen LogP contribution is 2.20. The number of hydrogen-bond acceptors (Lipinski definition) is 1. The molecular weight excluding hydrogens is 238 g/mol. The van der Waals surface area contributed by atoms with Crippen molar-refractivity contribution < 1.29 is 17.4 Å². The smallest absolute Gasteiger partial charge is 0.238 e. The maximum atomic E-state index is 12.2. The standard InChI is InChI=1S/C9H9BF3NOS/c1-6(9(11,12)13)14-16(15)8-5-3-2-4-7(8)10/h2-6,14H,1H3. The normalized spacial score (nSPS) is 15.8. The molecule has 0 saturated heterocycles. The average Bonchev–Trinajstić information content (AvgIpc) is 2.16. The van der Waals surface area contributed by atoms with E-state index in [4.69, 9.17) is 7.85 Å². The highest BCUT2D eigenvalue weighted by Gasteiger charge is 2.37. The molecule has 2 radical (unpaired) electrons. The molecule has 0 fully saturated rings. The fraction of sp³-hybridized carbons (Fsp3) is 0.333. The molecule has 1 N–H and O–H groups in total. The topological polar surface area (TPSA) is 29.1 Å². The quantitative estimate of drug-likeness (QED) is 0.794. The zero-order valence-corrected chi connectivity index (χ0v) is 9.23. The first-order valence-corrected chi connectivity index (χ1v) is 5.56. The molecule has 1 aromatic rings. The molecule has 1 rings (SSSR count). The van der Waals surface area contributed by atoms with Gasteiger partial charge in [-0.1, -0.05) is 23.7 Å². The number of rotatable bonds is 3. The molecular formula is C9H9BF3NOS. The lowest BCUT2D eigenvalue weighted by Gasteiger charge is -2.17. The first-order valence-electron chi connectivity index (χ1n) is 4.41. The van der Waals surface area contributed by atoms with Gasteiger partial charge < -0.3 is 0 Å². The van der Waals surface area contributed by atoms with Gasteiger partial charge in [0.2, 0.25) is 0 Å². The van der Waals surface area contributed by atoms with Crippen molar-refractivity contribution in [2.45, 2.75) is 24.0 Å². The van der Waals surface area contributed by atoms with Crippen LogP contribution < -0.4 is 10.2 Å². The zero-order valence-electron chi connectivity index (χ0n) is 8.41. The van der Waals surface area contributed by atoms with E-state index in [2.05, 4.69) is 0 Å². The van der Waals surface area contributed by atoms with Crippen LogP contribution in [0.1, 0.15) is 6.92 Å². The van der Waals surface area contributed by atoms with E-state index in [1.807, 2.05) is 4.72 Å². The highest BCUT2D eigenvalue weighted by molar-refractivity contribution is 7.83. The molecule has 16 heavy (non-hydrogen) atoms. The Balaban J connectivity index is 2.78. The summed E-state index contributed by atoms with van der Waals surface area (Å²) >= 11 is 0. The first-order chi connectivity index (χ1) is 7.32. The number of nitrogens with one attached hydrogen (secondary N) is 1. The van der Waals surface area contributed by atoms with Crippen molar-refractivity contribution in [1.82, 2.24) is 4.72 Å². The molecule has 0 heterocycles. The van der Waals surface area contributed by atoms with Gasteiger partial charge in [0, 0.05) is 4.90 Å². The molecule has 0 bridgehead atoms. The van der Waals surface area contributed by atoms with Crippen LogP contribution in [0.25, 0.3) is 0 Å². The van der Waals surface area contributed by atoms with E-state index >= 15 is 0 Å². The summed E-state index contributed by atoms with van der Waals surface area (Å²) in [5.74, 6) is 0. The van der Waals surface area contributed by atoms with Crippen molar-refractivity contribution in [3.8, 4) is 0 Å². The molecule has 0 saturated carbocycles. The molecule has 0 aliphatic carbocycles. The average molecular weight is 247 g/mol. The third-order valence-electron chi connectivity index (χ3n) is 1.89. The van der Waals surface area contributed by atoms with Gasteiger partial charge in [-0.2, -0.15) is 13.2 Å². The Morgan fingerprint density at radius 1 is 1.38 bits per heavy atom. The van der Waals surface area contributed by atoms with Gasteiger partial charge in [-0.25, -0.2) is 8.93 Å². The Morgan fingerprint density at radius 2 is 1.94 bits per heavy atom. The SMILES string of the molecule is [B]c1ccccc1S(=O)NC(C)C(F)(F)F. The second-order valence-corrected chi connectivity index (χ2v) is 4.40. The van der Waals surface area contributed by atoms with Gasteiger partial charge in [0.1, 0.15) is 24.9 Å². The predicted molar refractivity (Wildman–Crippen MR) is 56.9 cm³/mol. The van der Waals surface area contributed by atoms with Gasteiger partial charge in [0.05, 0.1) is 0 Å². The maximum absolute atomic E-state index is 12.2. The van der Waals surface area contributed by atoms with Crippen molar-refractivity contribution in [1.29, 1.82) is 0 Å². The molecule has 2 atom stereocenters. The van der Waals surface area contributed by atoms with Crippen molar-refractivity contribution in [2.75, 3.05) is 0 Å². The van der Waals surface area contributed by atoms with Crippen LogP contribution in [0.2, 0.25) is 0 Å². The Hall–Kier alpha value is -0.815. The zero-order chi connectivity index (χ0) is 12.3. The van der Waals surface area contributed by atoms with Crippen LogP contribution in [0.5, 0.6) is 0 Å². The van der Waals surface area contributed by atoms with Gasteiger partial charge >= 0.3 is 6.18 Å². The fourth-order valence-electron chi connectivity index (χ4n) is 0.940. The molecule has 2 unspecified atom stereocenters. The summed E-state index contributed by atoms with van der Waals surface area (Å²) in [6.45, 7) is 0.900. The van der Waals surface area contributed by atoms with Gasteiger partial charge in [0.25, 0.3) is 0 Å². The number of benzene rings is 1. The third-order valence-corrected chi connectivity index (χ3v) is 3.23. The number of halogens is 3. The van der Waals surface area contributed by atoms with E-state index in [9.17, 15) is 17.4 Å². The lowest BCUT2D eigenvalue weighted by atomic mass is 9.97. The molecule has 2 nitrogen and oxygen atoms in total. The lowest BCUT2D eigenvalue weighted by Crippen LogP contribution is -2.41. The molecule has 0 spiro atoms. The van der Waals surface area contributed by atoms with Crippen molar-refractivity contribution >= 4 is 24.3 Å². The van der Waals surface area contributed by atoms with Crippen molar-refractivity contribution in [3.05, 3.63) is 24.3 Å². The minimum absolute atomic E-state index is 0.151. The monoisotopic (exact) mass is 247 g/mol. The van der Waals surface area contributed by atoms with Crippen LogP contribution in [0.3, 0.4) is 0 Å². The van der Waals surface area contributed by atoms with E-state index in [1.165, 1.54) is 12.1 Å². The molecule has 1 aromatic carbocycles. The van der Waals surface area contributed by atoms with Crippen molar-refractivity contribution in [2.24, 2.45) is 0 Å². The van der Waals surface area contributed by atoms with Crippen LogP contribution in [0.15, 0.2) is 29.2 Å². The molecule has 0 aromatic heterocycles. The fourth-order valence-corrected chi connectivity index (χ4v) is 2.01.